The Balaban J connectivity index is 1.41. The van der Waals surface area contributed by atoms with Gasteiger partial charge >= 0.3 is 0 Å². The first-order chi connectivity index (χ1) is 19.1. The van der Waals surface area contributed by atoms with Gasteiger partial charge in [0.1, 0.15) is 0 Å². The van der Waals surface area contributed by atoms with Gasteiger partial charge in [0.2, 0.25) is 8.41 Å². The zero-order valence-electron chi connectivity index (χ0n) is 22.5. The predicted molar refractivity (Wildman–Crippen MR) is 156 cm³/mol. The topological polar surface area (TPSA) is 87.6 Å². The number of rotatable bonds is 6. The van der Waals surface area contributed by atoms with Gasteiger partial charge in [-0.1, -0.05) is 42.8 Å². The number of amides is 1. The number of aliphatic hydroxyl groups is 1. The number of aliphatic hydroxyl groups excluding tert-OH is 1. The number of halogens is 2. The van der Waals surface area contributed by atoms with Crippen LogP contribution in [0.3, 0.4) is 0 Å². The van der Waals surface area contributed by atoms with Crippen molar-refractivity contribution in [2.75, 3.05) is 11.5 Å². The fraction of sp³-hybridized carbons (Fsp3) is 0.333. The van der Waals surface area contributed by atoms with E-state index < -0.39 is 31.6 Å². The normalized spacial score (nSPS) is 24.4. The zero-order chi connectivity index (χ0) is 28.4. The Morgan fingerprint density at radius 1 is 1.10 bits per heavy atom. The van der Waals surface area contributed by atoms with Gasteiger partial charge in [0.25, 0.3) is 11.5 Å². The Bertz CT molecular complexity index is 1680. The van der Waals surface area contributed by atoms with Gasteiger partial charge in [-0.05, 0) is 67.5 Å². The monoisotopic (exact) mass is 579 g/mol. The van der Waals surface area contributed by atoms with Crippen LogP contribution in [0.1, 0.15) is 24.5 Å². The van der Waals surface area contributed by atoms with Crippen LogP contribution in [0.5, 0.6) is 0 Å². The lowest BCUT2D eigenvalue weighted by atomic mass is 9.82. The van der Waals surface area contributed by atoms with Crippen molar-refractivity contribution in [2.45, 2.75) is 50.2 Å². The molecule has 6 rings (SSSR count). The molecule has 1 aromatic heterocycles. The second kappa shape index (κ2) is 9.69. The third kappa shape index (κ3) is 4.06. The highest BCUT2D eigenvalue weighted by atomic mass is 35.5. The molecule has 1 amide bonds. The molecule has 2 aliphatic heterocycles. The maximum atomic E-state index is 15.7. The van der Waals surface area contributed by atoms with Crippen molar-refractivity contribution in [3.63, 3.8) is 0 Å². The number of ether oxygens (including phenoxy) is 1. The molecule has 40 heavy (non-hydrogen) atoms. The lowest BCUT2D eigenvalue weighted by Gasteiger charge is -2.31. The number of nitrogens with zero attached hydrogens (tertiary/aromatic N) is 2. The summed E-state index contributed by atoms with van der Waals surface area (Å²) in [6.07, 6.45) is -0.332. The molecule has 0 aliphatic carbocycles. The van der Waals surface area contributed by atoms with Gasteiger partial charge < -0.3 is 18.9 Å². The summed E-state index contributed by atoms with van der Waals surface area (Å²) >= 11 is 6.42. The van der Waals surface area contributed by atoms with E-state index in [1.807, 2.05) is 49.4 Å². The molecule has 2 aliphatic rings. The molecule has 1 spiro atoms. The number of H-pyrrole nitrogens is 1. The lowest BCUT2D eigenvalue weighted by Crippen LogP contribution is -2.45. The van der Waals surface area contributed by atoms with E-state index in [0.717, 1.165) is 11.1 Å². The van der Waals surface area contributed by atoms with E-state index in [4.69, 9.17) is 16.3 Å². The minimum Gasteiger partial charge on any atom is -0.396 e. The number of benzene rings is 3. The maximum absolute atomic E-state index is 15.7. The van der Waals surface area contributed by atoms with E-state index in [2.05, 4.69) is 5.10 Å². The molecule has 1 fully saturated rings. The minimum absolute atomic E-state index is 0.156. The van der Waals surface area contributed by atoms with Gasteiger partial charge in [0, 0.05) is 28.7 Å². The van der Waals surface area contributed by atoms with Crippen LogP contribution in [0, 0.1) is 5.92 Å². The highest BCUT2D eigenvalue weighted by molar-refractivity contribution is 6.72. The number of aromatic nitrogens is 2. The molecule has 1 saturated heterocycles. The standard InChI is InChI=1S/C30H31ClFN3O4Si/c1-18-27(40(2,3)32)26(13-14-36)39-30(18)23-16-20(31)11-12-25(23)34(29(30)38)17-19-7-6-8-21(15-19)35-28(37)22-9-4-5-10-24(22)33-35/h4-12,15-16,18,26-27,33,36H,13-14,17H2,1-3H3/t18-,26+,27-,30+/m0/s1. The third-order valence-electron chi connectivity index (χ3n) is 8.44. The Morgan fingerprint density at radius 2 is 1.88 bits per heavy atom. The predicted octanol–water partition coefficient (Wildman–Crippen LogP) is 5.68. The first-order valence-corrected chi connectivity index (χ1v) is 16.8. The molecule has 0 saturated carbocycles. The molecule has 3 aromatic carbocycles. The Kier molecular flexibility index (Phi) is 6.53. The van der Waals surface area contributed by atoms with Crippen molar-refractivity contribution < 1.29 is 18.7 Å². The number of aromatic amines is 1. The van der Waals surface area contributed by atoms with Crippen molar-refractivity contribution >= 4 is 42.5 Å². The largest absolute Gasteiger partial charge is 0.396 e. The number of anilines is 1. The van der Waals surface area contributed by atoms with Crippen LogP contribution in [0.2, 0.25) is 23.7 Å². The van der Waals surface area contributed by atoms with Crippen molar-refractivity contribution in [2.24, 2.45) is 5.92 Å². The molecule has 0 radical (unpaired) electrons. The highest BCUT2D eigenvalue weighted by Crippen LogP contribution is 2.60. The van der Waals surface area contributed by atoms with Crippen LogP contribution in [-0.2, 0) is 21.7 Å². The number of nitrogens with one attached hydrogen (secondary N) is 1. The van der Waals surface area contributed by atoms with Crippen LogP contribution in [0.25, 0.3) is 16.6 Å². The maximum Gasteiger partial charge on any atom is 0.279 e. The summed E-state index contributed by atoms with van der Waals surface area (Å²) in [4.78, 5) is 29.1. The summed E-state index contributed by atoms with van der Waals surface area (Å²) in [7, 11) is -3.28. The van der Waals surface area contributed by atoms with E-state index in [1.165, 1.54) is 4.68 Å². The summed E-state index contributed by atoms with van der Waals surface area (Å²) in [5.41, 5.74) is 1.45. The van der Waals surface area contributed by atoms with Crippen LogP contribution in [0.15, 0.2) is 71.5 Å². The van der Waals surface area contributed by atoms with E-state index in [1.54, 1.807) is 42.3 Å². The van der Waals surface area contributed by atoms with Crippen LogP contribution >= 0.6 is 11.6 Å². The second-order valence-corrected chi connectivity index (χ2v) is 15.5. The first kappa shape index (κ1) is 27.0. The second-order valence-electron chi connectivity index (χ2n) is 11.3. The highest BCUT2D eigenvalue weighted by Gasteiger charge is 2.66. The number of fused-ring (bicyclic) bond motifs is 3. The van der Waals surface area contributed by atoms with Crippen LogP contribution in [0.4, 0.5) is 9.80 Å². The van der Waals surface area contributed by atoms with Gasteiger partial charge in [0.15, 0.2) is 5.60 Å². The Morgan fingerprint density at radius 3 is 2.60 bits per heavy atom. The SMILES string of the molecule is C[C@H]1[C@H]([Si](C)(C)F)[C@@H](CCO)O[C@]12C(=O)N(Cc1cccc(-n3[nH]c4ccccc4c3=O)c1)c1ccc(Cl)cc12. The van der Waals surface area contributed by atoms with Gasteiger partial charge in [-0.25, -0.2) is 4.68 Å². The number of carbonyl (C=O) groups is 1. The van der Waals surface area contributed by atoms with Gasteiger partial charge in [-0.15, -0.1) is 0 Å². The molecule has 0 unspecified atom stereocenters. The van der Waals surface area contributed by atoms with Gasteiger partial charge in [-0.3, -0.25) is 14.7 Å². The van der Waals surface area contributed by atoms with E-state index in [9.17, 15) is 14.7 Å². The number of hydrogen-bond donors (Lipinski definition) is 2. The lowest BCUT2D eigenvalue weighted by molar-refractivity contribution is -0.146. The molecule has 10 heteroatoms. The molecule has 4 aromatic rings. The van der Waals surface area contributed by atoms with E-state index in [0.29, 0.717) is 27.3 Å². The number of carbonyl (C=O) groups excluding carboxylic acids is 1. The van der Waals surface area contributed by atoms with Gasteiger partial charge in [-0.2, -0.15) is 0 Å². The van der Waals surface area contributed by atoms with Crippen molar-refractivity contribution in [3.05, 3.63) is 93.2 Å². The van der Waals surface area contributed by atoms with Crippen molar-refractivity contribution in [3.8, 4) is 5.69 Å². The molecular formula is C30H31ClFN3O4Si. The summed E-state index contributed by atoms with van der Waals surface area (Å²) in [5.74, 6) is -0.726. The van der Waals surface area contributed by atoms with Crippen molar-refractivity contribution in [1.82, 2.24) is 9.78 Å². The summed E-state index contributed by atoms with van der Waals surface area (Å²) in [6, 6.07) is 20.1. The quantitative estimate of drug-likeness (QED) is 0.227. The minimum atomic E-state index is -3.28. The number of hydrogen-bond acceptors (Lipinski definition) is 4. The fourth-order valence-corrected chi connectivity index (χ4v) is 9.51. The molecule has 0 bridgehead atoms. The van der Waals surface area contributed by atoms with Gasteiger partial charge in [0.05, 0.1) is 34.9 Å². The molecule has 4 atom stereocenters. The Labute approximate surface area is 237 Å². The molecule has 7 nitrogen and oxygen atoms in total. The Hall–Kier alpha value is -3.24. The third-order valence-corrected chi connectivity index (χ3v) is 11.1. The molecular weight excluding hydrogens is 549 g/mol. The van der Waals surface area contributed by atoms with Crippen molar-refractivity contribution in [1.29, 1.82) is 0 Å². The summed E-state index contributed by atoms with van der Waals surface area (Å²) < 4.78 is 23.7. The zero-order valence-corrected chi connectivity index (χ0v) is 24.3. The van der Waals surface area contributed by atoms with E-state index in [-0.39, 0.29) is 31.0 Å². The molecule has 208 valence electrons. The number of para-hydroxylation sites is 1. The summed E-state index contributed by atoms with van der Waals surface area (Å²) in [5, 5.41) is 13.9. The van der Waals surface area contributed by atoms with Crippen LogP contribution < -0.4 is 10.5 Å². The smallest absolute Gasteiger partial charge is 0.279 e. The van der Waals surface area contributed by atoms with Crippen LogP contribution in [-0.4, -0.2) is 41.9 Å². The summed E-state index contributed by atoms with van der Waals surface area (Å²) in [6.45, 7) is 5.21. The first-order valence-electron chi connectivity index (χ1n) is 13.4. The average Bonchev–Trinajstić information content (AvgIpc) is 3.49. The van der Waals surface area contributed by atoms with E-state index >= 15 is 4.11 Å². The molecule has 2 N–H and O–H groups in total. The fourth-order valence-electron chi connectivity index (χ4n) is 6.79. The molecule has 3 heterocycles. The average molecular weight is 580 g/mol.